The second-order valence-electron chi connectivity index (χ2n) is 4.21. The van der Waals surface area contributed by atoms with Gasteiger partial charge in [-0.25, -0.2) is 0 Å². The van der Waals surface area contributed by atoms with E-state index in [-0.39, 0.29) is 24.0 Å². The van der Waals surface area contributed by atoms with Gasteiger partial charge in [-0.1, -0.05) is 0 Å². The van der Waals surface area contributed by atoms with Gasteiger partial charge in [0.25, 0.3) is 0 Å². The van der Waals surface area contributed by atoms with Crippen molar-refractivity contribution in [3.05, 3.63) is 0 Å². The van der Waals surface area contributed by atoms with E-state index in [1.165, 1.54) is 25.0 Å². The van der Waals surface area contributed by atoms with E-state index in [0.717, 1.165) is 32.1 Å². The lowest BCUT2D eigenvalue weighted by Crippen LogP contribution is -2.41. The highest BCUT2D eigenvalue weighted by Gasteiger charge is 2.15. The van der Waals surface area contributed by atoms with Crippen LogP contribution in [-0.4, -0.2) is 50.8 Å². The molecule has 1 aliphatic heterocycles. The van der Waals surface area contributed by atoms with Crippen LogP contribution >= 0.6 is 35.7 Å². The molecule has 0 aliphatic carbocycles. The van der Waals surface area contributed by atoms with Crippen molar-refractivity contribution in [1.29, 1.82) is 0 Å². The number of halogens is 1. The van der Waals surface area contributed by atoms with Crippen molar-refractivity contribution < 1.29 is 4.74 Å². The second kappa shape index (κ2) is 12.3. The molecule has 2 N–H and O–H groups in total. The first-order valence-corrected chi connectivity index (χ1v) is 7.81. The summed E-state index contributed by atoms with van der Waals surface area (Å²) in [4.78, 5) is 4.20. The number of aliphatic imine (C=N–C) groups is 1. The maximum Gasteiger partial charge on any atom is 0.191 e. The Labute approximate surface area is 132 Å². The van der Waals surface area contributed by atoms with E-state index in [1.54, 1.807) is 0 Å². The summed E-state index contributed by atoms with van der Waals surface area (Å²) in [5, 5.41) is 6.64. The van der Waals surface area contributed by atoms with Gasteiger partial charge in [0.1, 0.15) is 0 Å². The van der Waals surface area contributed by atoms with E-state index in [0.29, 0.717) is 6.10 Å². The number of thioether (sulfide) groups is 1. The third-order valence-corrected chi connectivity index (χ3v) is 3.51. The first-order chi connectivity index (χ1) is 8.36. The highest BCUT2D eigenvalue weighted by Crippen LogP contribution is 2.10. The van der Waals surface area contributed by atoms with Crippen LogP contribution in [0.5, 0.6) is 0 Å². The van der Waals surface area contributed by atoms with E-state index >= 15 is 0 Å². The zero-order valence-electron chi connectivity index (χ0n) is 11.4. The molecule has 0 radical (unpaired) electrons. The number of guanidine groups is 1. The van der Waals surface area contributed by atoms with Gasteiger partial charge in [-0.3, -0.25) is 4.99 Å². The van der Waals surface area contributed by atoms with Crippen molar-refractivity contribution in [2.24, 2.45) is 4.99 Å². The Kier molecular flexibility index (Phi) is 12.6. The van der Waals surface area contributed by atoms with Crippen LogP contribution in [-0.2, 0) is 4.74 Å². The predicted molar refractivity (Wildman–Crippen MR) is 91.4 cm³/mol. The molecule has 18 heavy (non-hydrogen) atoms. The fourth-order valence-electron chi connectivity index (χ4n) is 1.81. The third kappa shape index (κ3) is 8.42. The average molecular weight is 387 g/mol. The van der Waals surface area contributed by atoms with Crippen molar-refractivity contribution in [2.75, 3.05) is 38.8 Å². The van der Waals surface area contributed by atoms with Gasteiger partial charge in [-0.05, 0) is 37.7 Å². The van der Waals surface area contributed by atoms with Crippen LogP contribution in [0.25, 0.3) is 0 Å². The lowest BCUT2D eigenvalue weighted by Gasteiger charge is -2.14. The summed E-state index contributed by atoms with van der Waals surface area (Å²) in [5.74, 6) is 2.13. The van der Waals surface area contributed by atoms with Gasteiger partial charge in [0.15, 0.2) is 5.96 Å². The molecule has 1 fully saturated rings. The summed E-state index contributed by atoms with van der Waals surface area (Å²) in [7, 11) is 1.81. The molecular formula is C12H26IN3OS. The van der Waals surface area contributed by atoms with Crippen LogP contribution in [0.3, 0.4) is 0 Å². The van der Waals surface area contributed by atoms with Crippen molar-refractivity contribution >= 4 is 41.7 Å². The highest BCUT2D eigenvalue weighted by molar-refractivity contribution is 14.0. The van der Waals surface area contributed by atoms with E-state index in [1.807, 2.05) is 18.8 Å². The maximum absolute atomic E-state index is 5.56. The molecule has 1 unspecified atom stereocenters. The van der Waals surface area contributed by atoms with Crippen molar-refractivity contribution in [3.63, 3.8) is 0 Å². The number of nitrogens with zero attached hydrogens (tertiary/aromatic N) is 1. The van der Waals surface area contributed by atoms with E-state index in [9.17, 15) is 0 Å². The molecular weight excluding hydrogens is 361 g/mol. The molecule has 1 rings (SSSR count). The smallest absolute Gasteiger partial charge is 0.191 e. The number of nitrogens with one attached hydrogen (secondary N) is 2. The fourth-order valence-corrected chi connectivity index (χ4v) is 2.31. The summed E-state index contributed by atoms with van der Waals surface area (Å²) in [6.45, 7) is 2.77. The average Bonchev–Trinajstić information content (AvgIpc) is 2.86. The quantitative estimate of drug-likeness (QED) is 0.304. The lowest BCUT2D eigenvalue weighted by molar-refractivity contribution is 0.114. The van der Waals surface area contributed by atoms with Crippen LogP contribution in [0.4, 0.5) is 0 Å². The van der Waals surface area contributed by atoms with Crippen LogP contribution in [0.1, 0.15) is 25.7 Å². The lowest BCUT2D eigenvalue weighted by atomic mass is 10.2. The molecule has 0 aromatic heterocycles. The SMILES string of the molecule is CN=C(NCCCCSC)NCC1CCCO1.I. The third-order valence-electron chi connectivity index (χ3n) is 2.81. The number of unbranched alkanes of at least 4 members (excludes halogenated alkanes) is 1. The largest absolute Gasteiger partial charge is 0.376 e. The normalized spacial score (nSPS) is 19.4. The topological polar surface area (TPSA) is 45.7 Å². The predicted octanol–water partition coefficient (Wildman–Crippen LogP) is 2.09. The minimum atomic E-state index is 0. The standard InChI is InChI=1S/C12H25N3OS.HI/c1-13-12(14-7-3-4-9-17-2)15-10-11-6-5-8-16-11;/h11H,3-10H2,1-2H3,(H2,13,14,15);1H. The molecule has 6 heteroatoms. The number of hydrogen-bond donors (Lipinski definition) is 2. The zero-order valence-corrected chi connectivity index (χ0v) is 14.6. The number of ether oxygens (including phenoxy) is 1. The van der Waals surface area contributed by atoms with Gasteiger partial charge in [0.05, 0.1) is 6.10 Å². The fraction of sp³-hybridized carbons (Fsp3) is 0.917. The Bertz CT molecular complexity index is 223. The Morgan fingerprint density at radius 3 is 2.83 bits per heavy atom. The minimum Gasteiger partial charge on any atom is -0.376 e. The first-order valence-electron chi connectivity index (χ1n) is 6.42. The zero-order chi connectivity index (χ0) is 12.3. The van der Waals surface area contributed by atoms with Gasteiger partial charge >= 0.3 is 0 Å². The van der Waals surface area contributed by atoms with Gasteiger partial charge in [-0.2, -0.15) is 11.8 Å². The molecule has 1 aliphatic rings. The van der Waals surface area contributed by atoms with Crippen LogP contribution < -0.4 is 10.6 Å². The molecule has 0 saturated carbocycles. The minimum absolute atomic E-state index is 0. The Morgan fingerprint density at radius 2 is 2.22 bits per heavy atom. The second-order valence-corrected chi connectivity index (χ2v) is 5.20. The summed E-state index contributed by atoms with van der Waals surface area (Å²) in [5.41, 5.74) is 0. The Balaban J connectivity index is 0.00000289. The summed E-state index contributed by atoms with van der Waals surface area (Å²) in [6.07, 6.45) is 7.32. The van der Waals surface area contributed by atoms with Gasteiger partial charge < -0.3 is 15.4 Å². The summed E-state index contributed by atoms with van der Waals surface area (Å²) in [6, 6.07) is 0. The van der Waals surface area contributed by atoms with Crippen molar-refractivity contribution in [3.8, 4) is 0 Å². The molecule has 0 aromatic carbocycles. The molecule has 0 amide bonds. The van der Waals surface area contributed by atoms with Gasteiger partial charge in [0.2, 0.25) is 0 Å². The molecule has 108 valence electrons. The number of rotatable bonds is 7. The van der Waals surface area contributed by atoms with Crippen LogP contribution in [0.2, 0.25) is 0 Å². The Hall–Kier alpha value is 0.310. The number of hydrogen-bond acceptors (Lipinski definition) is 3. The first kappa shape index (κ1) is 18.3. The van der Waals surface area contributed by atoms with E-state index in [4.69, 9.17) is 4.74 Å². The molecule has 0 bridgehead atoms. The summed E-state index contributed by atoms with van der Waals surface area (Å²) < 4.78 is 5.56. The van der Waals surface area contributed by atoms with Crippen LogP contribution in [0, 0.1) is 0 Å². The van der Waals surface area contributed by atoms with E-state index in [2.05, 4.69) is 21.9 Å². The van der Waals surface area contributed by atoms with Crippen molar-refractivity contribution in [1.82, 2.24) is 10.6 Å². The van der Waals surface area contributed by atoms with Crippen molar-refractivity contribution in [2.45, 2.75) is 31.8 Å². The maximum atomic E-state index is 5.56. The highest BCUT2D eigenvalue weighted by atomic mass is 127. The molecule has 4 nitrogen and oxygen atoms in total. The molecule has 1 saturated heterocycles. The molecule has 0 spiro atoms. The van der Waals surface area contributed by atoms with E-state index < -0.39 is 0 Å². The van der Waals surface area contributed by atoms with Crippen LogP contribution in [0.15, 0.2) is 4.99 Å². The molecule has 1 atom stereocenters. The summed E-state index contributed by atoms with van der Waals surface area (Å²) >= 11 is 1.90. The van der Waals surface area contributed by atoms with Gasteiger partial charge in [-0.15, -0.1) is 24.0 Å². The molecule has 1 heterocycles. The van der Waals surface area contributed by atoms with Gasteiger partial charge in [0, 0.05) is 26.7 Å². The Morgan fingerprint density at radius 1 is 1.39 bits per heavy atom. The monoisotopic (exact) mass is 387 g/mol. The molecule has 0 aromatic rings.